The van der Waals surface area contributed by atoms with Crippen molar-refractivity contribution in [3.8, 4) is 0 Å². The van der Waals surface area contributed by atoms with Crippen LogP contribution in [0.1, 0.15) is 30.3 Å². The summed E-state index contributed by atoms with van der Waals surface area (Å²) in [6, 6.07) is 5.90. The fraction of sp³-hybridized carbons (Fsp3) is 0.412. The smallest absolute Gasteiger partial charge is 0.318 e. The lowest BCUT2D eigenvalue weighted by Gasteiger charge is -2.23. The van der Waals surface area contributed by atoms with E-state index in [-0.39, 0.29) is 29.3 Å². The first kappa shape index (κ1) is 18.4. The fourth-order valence-corrected chi connectivity index (χ4v) is 4.16. The number of likely N-dealkylation sites (tertiary alicyclic amines) is 1. The fourth-order valence-electron chi connectivity index (χ4n) is 3.00. The Kier molecular flexibility index (Phi) is 5.26. The van der Waals surface area contributed by atoms with E-state index in [2.05, 4.69) is 10.5 Å². The van der Waals surface area contributed by atoms with Gasteiger partial charge in [0.1, 0.15) is 5.82 Å². The van der Waals surface area contributed by atoms with Crippen LogP contribution in [-0.4, -0.2) is 43.3 Å². The summed E-state index contributed by atoms with van der Waals surface area (Å²) < 4.78 is 42.6. The van der Waals surface area contributed by atoms with Crippen LogP contribution in [0.3, 0.4) is 0 Å². The Balaban J connectivity index is 1.57. The molecule has 26 heavy (non-hydrogen) atoms. The maximum absolute atomic E-state index is 12.9. The second kappa shape index (κ2) is 7.45. The van der Waals surface area contributed by atoms with Crippen molar-refractivity contribution >= 4 is 15.9 Å². The number of rotatable bonds is 5. The number of aryl methyl sites for hydroxylation is 1. The van der Waals surface area contributed by atoms with Gasteiger partial charge in [-0.25, -0.2) is 17.6 Å². The van der Waals surface area contributed by atoms with Crippen LogP contribution < -0.4 is 5.32 Å². The van der Waals surface area contributed by atoms with Gasteiger partial charge in [0.2, 0.25) is 0 Å². The minimum absolute atomic E-state index is 0.0306. The summed E-state index contributed by atoms with van der Waals surface area (Å²) in [5.41, 5.74) is 0.748. The van der Waals surface area contributed by atoms with Gasteiger partial charge >= 0.3 is 6.03 Å². The zero-order valence-corrected chi connectivity index (χ0v) is 15.1. The maximum atomic E-state index is 12.9. The molecule has 1 aromatic carbocycles. The van der Waals surface area contributed by atoms with Gasteiger partial charge in [0.05, 0.1) is 22.4 Å². The van der Waals surface area contributed by atoms with Crippen LogP contribution in [0.2, 0.25) is 0 Å². The number of sulfone groups is 1. The molecular weight excluding hydrogens is 361 g/mol. The largest absolute Gasteiger partial charge is 0.359 e. The third-order valence-electron chi connectivity index (χ3n) is 4.31. The number of hydrogen-bond donors (Lipinski definition) is 1. The van der Waals surface area contributed by atoms with Crippen molar-refractivity contribution in [1.82, 2.24) is 15.4 Å². The number of benzene rings is 1. The summed E-state index contributed by atoms with van der Waals surface area (Å²) in [6.07, 6.45) is 1.61. The van der Waals surface area contributed by atoms with E-state index in [1.54, 1.807) is 11.0 Å². The van der Waals surface area contributed by atoms with Gasteiger partial charge in [-0.05, 0) is 44.0 Å². The van der Waals surface area contributed by atoms with Gasteiger partial charge in [0, 0.05) is 19.2 Å². The highest BCUT2D eigenvalue weighted by molar-refractivity contribution is 7.91. The third-order valence-corrected chi connectivity index (χ3v) is 6.04. The van der Waals surface area contributed by atoms with Crippen molar-refractivity contribution in [2.24, 2.45) is 0 Å². The molecule has 7 nitrogen and oxygen atoms in total. The average Bonchev–Trinajstić information content (AvgIpc) is 3.23. The molecule has 140 valence electrons. The highest BCUT2D eigenvalue weighted by atomic mass is 32.2. The van der Waals surface area contributed by atoms with Gasteiger partial charge in [-0.2, -0.15) is 0 Å². The Hall–Kier alpha value is -2.42. The first-order valence-corrected chi connectivity index (χ1v) is 9.98. The molecule has 1 N–H and O–H groups in total. The van der Waals surface area contributed by atoms with Crippen LogP contribution in [0.4, 0.5) is 9.18 Å². The number of carbonyl (C=O) groups is 1. The van der Waals surface area contributed by atoms with E-state index >= 15 is 0 Å². The summed E-state index contributed by atoms with van der Waals surface area (Å²) in [5, 5.41) is 6.49. The Morgan fingerprint density at radius 3 is 2.77 bits per heavy atom. The highest BCUT2D eigenvalue weighted by Crippen LogP contribution is 2.32. The minimum atomic E-state index is -3.59. The van der Waals surface area contributed by atoms with E-state index in [1.165, 1.54) is 12.1 Å². The second-order valence-corrected chi connectivity index (χ2v) is 8.34. The van der Waals surface area contributed by atoms with Gasteiger partial charge < -0.3 is 14.7 Å². The lowest BCUT2D eigenvalue weighted by Crippen LogP contribution is -2.41. The van der Waals surface area contributed by atoms with Crippen molar-refractivity contribution in [1.29, 1.82) is 0 Å². The molecule has 0 unspecified atom stereocenters. The summed E-state index contributed by atoms with van der Waals surface area (Å²) in [6.45, 7) is 2.35. The average molecular weight is 381 g/mol. The van der Waals surface area contributed by atoms with Crippen molar-refractivity contribution in [2.45, 2.75) is 30.7 Å². The Morgan fingerprint density at radius 1 is 1.38 bits per heavy atom. The third kappa shape index (κ3) is 4.04. The second-order valence-electron chi connectivity index (χ2n) is 6.23. The number of aromatic nitrogens is 1. The monoisotopic (exact) mass is 381 g/mol. The van der Waals surface area contributed by atoms with Crippen molar-refractivity contribution < 1.29 is 22.1 Å². The topological polar surface area (TPSA) is 92.5 Å². The first-order chi connectivity index (χ1) is 12.4. The van der Waals surface area contributed by atoms with E-state index in [0.717, 1.165) is 30.7 Å². The normalized spacial score (nSPS) is 17.5. The zero-order valence-electron chi connectivity index (χ0n) is 14.3. The van der Waals surface area contributed by atoms with Gasteiger partial charge in [-0.3, -0.25) is 0 Å². The first-order valence-electron chi connectivity index (χ1n) is 8.33. The summed E-state index contributed by atoms with van der Waals surface area (Å²) in [7, 11) is -3.59. The van der Waals surface area contributed by atoms with Gasteiger partial charge in [-0.1, -0.05) is 5.16 Å². The summed E-state index contributed by atoms with van der Waals surface area (Å²) >= 11 is 0. The number of urea groups is 1. The predicted molar refractivity (Wildman–Crippen MR) is 91.8 cm³/mol. The molecule has 1 aliphatic heterocycles. The number of carbonyl (C=O) groups excluding carboxylic acids is 1. The number of nitrogens with one attached hydrogen (secondary N) is 1. The molecule has 1 aliphatic rings. The molecule has 0 aliphatic carbocycles. The zero-order chi connectivity index (χ0) is 18.7. The van der Waals surface area contributed by atoms with Gasteiger partial charge in [0.25, 0.3) is 0 Å². The molecule has 1 saturated heterocycles. The van der Waals surface area contributed by atoms with E-state index in [9.17, 15) is 17.6 Å². The molecule has 0 bridgehead atoms. The predicted octanol–water partition coefficient (Wildman–Crippen LogP) is 2.44. The van der Waals surface area contributed by atoms with Crippen LogP contribution in [0.5, 0.6) is 0 Å². The van der Waals surface area contributed by atoms with Gasteiger partial charge in [0.15, 0.2) is 15.6 Å². The summed E-state index contributed by atoms with van der Waals surface area (Å²) in [5.74, 6) is -0.126. The summed E-state index contributed by atoms with van der Waals surface area (Å²) in [4.78, 5) is 14.1. The molecular formula is C17H20FN3O4S. The molecule has 2 aromatic rings. The van der Waals surface area contributed by atoms with E-state index in [1.807, 2.05) is 6.92 Å². The van der Waals surface area contributed by atoms with Crippen LogP contribution in [0.25, 0.3) is 0 Å². The molecule has 2 heterocycles. The highest BCUT2D eigenvalue weighted by Gasteiger charge is 2.32. The molecule has 1 aromatic heterocycles. The van der Waals surface area contributed by atoms with E-state index in [4.69, 9.17) is 4.52 Å². The molecule has 1 fully saturated rings. The van der Waals surface area contributed by atoms with Crippen molar-refractivity contribution in [2.75, 3.05) is 18.8 Å². The molecule has 0 spiro atoms. The molecule has 0 radical (unpaired) electrons. The van der Waals surface area contributed by atoms with E-state index < -0.39 is 15.7 Å². The maximum Gasteiger partial charge on any atom is 0.318 e. The Morgan fingerprint density at radius 2 is 2.12 bits per heavy atom. The van der Waals surface area contributed by atoms with Crippen molar-refractivity contribution in [3.63, 3.8) is 0 Å². The molecule has 2 amide bonds. The standard InChI is InChI=1S/C17H20FN3O4S/c1-12-11-16(25-20-12)15-3-2-9-21(15)17(22)19-8-10-26(23,24)14-6-4-13(18)5-7-14/h4-7,11,15H,2-3,8-10H2,1H3,(H,19,22)/t15-/m0/s1. The van der Waals surface area contributed by atoms with Crippen LogP contribution in [0, 0.1) is 12.7 Å². The SMILES string of the molecule is Cc1cc([C@@H]2CCCN2C(=O)NCCS(=O)(=O)c2ccc(F)cc2)on1. The number of halogens is 1. The van der Waals surface area contributed by atoms with Crippen molar-refractivity contribution in [3.05, 3.63) is 47.6 Å². The number of hydrogen-bond acceptors (Lipinski definition) is 5. The molecule has 9 heteroatoms. The lowest BCUT2D eigenvalue weighted by molar-refractivity contribution is 0.183. The van der Waals surface area contributed by atoms with Crippen LogP contribution in [0.15, 0.2) is 39.8 Å². The van der Waals surface area contributed by atoms with Crippen LogP contribution >= 0.6 is 0 Å². The number of nitrogens with zero attached hydrogens (tertiary/aromatic N) is 2. The minimum Gasteiger partial charge on any atom is -0.359 e. The lowest BCUT2D eigenvalue weighted by atomic mass is 10.1. The Bertz CT molecular complexity index is 880. The number of amides is 2. The van der Waals surface area contributed by atoms with Gasteiger partial charge in [-0.15, -0.1) is 0 Å². The van der Waals surface area contributed by atoms with Crippen LogP contribution in [-0.2, 0) is 9.84 Å². The Labute approximate surface area is 151 Å². The molecule has 1 atom stereocenters. The molecule has 0 saturated carbocycles. The molecule has 3 rings (SSSR count). The van der Waals surface area contributed by atoms with E-state index in [0.29, 0.717) is 12.3 Å². The quantitative estimate of drug-likeness (QED) is 0.803.